The van der Waals surface area contributed by atoms with Gasteiger partial charge < -0.3 is 15.0 Å². The van der Waals surface area contributed by atoms with Crippen molar-refractivity contribution in [1.82, 2.24) is 9.88 Å². The summed E-state index contributed by atoms with van der Waals surface area (Å²) in [6.07, 6.45) is 5.75. The molecule has 2 aliphatic rings. The standard InChI is InChI=1S/C22H27N3O2/c1-4-17-12-19(9-14(2)25(17)3)27-18-6-8-20(23-13-18)15-5-7-21-16(10-15)11-22(26)24-21/h5-8,10,13-14,17,19H,4,9,11-12H2,1-3H3,(H,24,26)/t14?,17?,19-/m0/s1. The number of piperidine rings is 1. The van der Waals surface area contributed by atoms with Crippen LogP contribution in [0.15, 0.2) is 36.5 Å². The van der Waals surface area contributed by atoms with Crippen molar-refractivity contribution in [2.75, 3.05) is 12.4 Å². The second kappa shape index (κ2) is 7.31. The van der Waals surface area contributed by atoms with Crippen LogP contribution in [-0.4, -0.2) is 41.0 Å². The number of nitrogens with zero attached hydrogens (tertiary/aromatic N) is 2. The van der Waals surface area contributed by atoms with Gasteiger partial charge in [0.05, 0.1) is 18.3 Å². The highest BCUT2D eigenvalue weighted by Crippen LogP contribution is 2.30. The molecule has 2 unspecified atom stereocenters. The molecule has 4 rings (SSSR count). The Hall–Kier alpha value is -2.40. The van der Waals surface area contributed by atoms with Crippen LogP contribution >= 0.6 is 0 Å². The fourth-order valence-electron chi connectivity index (χ4n) is 4.23. The van der Waals surface area contributed by atoms with Crippen molar-refractivity contribution in [3.63, 3.8) is 0 Å². The largest absolute Gasteiger partial charge is 0.489 e. The minimum absolute atomic E-state index is 0.0524. The monoisotopic (exact) mass is 365 g/mol. The number of benzene rings is 1. The molecule has 1 fully saturated rings. The molecule has 1 amide bonds. The Labute approximate surface area is 160 Å². The van der Waals surface area contributed by atoms with E-state index in [0.717, 1.165) is 47.5 Å². The molecular formula is C22H27N3O2. The summed E-state index contributed by atoms with van der Waals surface area (Å²) < 4.78 is 6.24. The lowest BCUT2D eigenvalue weighted by Gasteiger charge is -2.41. The highest BCUT2D eigenvalue weighted by atomic mass is 16.5. The predicted octanol–water partition coefficient (Wildman–Crippen LogP) is 3.88. The van der Waals surface area contributed by atoms with Crippen molar-refractivity contribution in [2.45, 2.75) is 57.7 Å². The van der Waals surface area contributed by atoms with Gasteiger partial charge in [0.2, 0.25) is 5.91 Å². The summed E-state index contributed by atoms with van der Waals surface area (Å²) in [5.74, 6) is 0.880. The van der Waals surface area contributed by atoms with Gasteiger partial charge in [-0.2, -0.15) is 0 Å². The third-order valence-corrected chi connectivity index (χ3v) is 5.95. The molecule has 1 aromatic carbocycles. The van der Waals surface area contributed by atoms with Crippen molar-refractivity contribution < 1.29 is 9.53 Å². The number of carbonyl (C=O) groups is 1. The Morgan fingerprint density at radius 3 is 2.85 bits per heavy atom. The molecule has 3 atom stereocenters. The highest BCUT2D eigenvalue weighted by molar-refractivity contribution is 5.99. The Morgan fingerprint density at radius 2 is 2.11 bits per heavy atom. The number of aromatic nitrogens is 1. The van der Waals surface area contributed by atoms with E-state index in [2.05, 4.69) is 36.1 Å². The quantitative estimate of drug-likeness (QED) is 0.893. The average molecular weight is 365 g/mol. The van der Waals surface area contributed by atoms with Crippen LogP contribution in [0.25, 0.3) is 11.3 Å². The first-order valence-electron chi connectivity index (χ1n) is 9.81. The van der Waals surface area contributed by atoms with Crippen molar-refractivity contribution in [1.29, 1.82) is 0 Å². The van der Waals surface area contributed by atoms with E-state index in [1.54, 1.807) is 0 Å². The van der Waals surface area contributed by atoms with Gasteiger partial charge in [0.1, 0.15) is 11.9 Å². The van der Waals surface area contributed by atoms with E-state index in [-0.39, 0.29) is 12.0 Å². The third kappa shape index (κ3) is 3.69. The van der Waals surface area contributed by atoms with Gasteiger partial charge in [-0.25, -0.2) is 0 Å². The number of likely N-dealkylation sites (tertiary alicyclic amines) is 1. The van der Waals surface area contributed by atoms with Gasteiger partial charge in [0.15, 0.2) is 0 Å². The zero-order valence-corrected chi connectivity index (χ0v) is 16.2. The molecular weight excluding hydrogens is 338 g/mol. The Morgan fingerprint density at radius 1 is 1.26 bits per heavy atom. The van der Waals surface area contributed by atoms with E-state index < -0.39 is 0 Å². The second-order valence-electron chi connectivity index (χ2n) is 7.76. The number of carbonyl (C=O) groups excluding carboxylic acids is 1. The highest BCUT2D eigenvalue weighted by Gasteiger charge is 2.31. The lowest BCUT2D eigenvalue weighted by atomic mass is 9.93. The Kier molecular flexibility index (Phi) is 4.87. The number of rotatable bonds is 4. The topological polar surface area (TPSA) is 54.5 Å². The summed E-state index contributed by atoms with van der Waals surface area (Å²) in [7, 11) is 2.21. The first-order valence-corrected chi connectivity index (χ1v) is 9.81. The molecule has 0 saturated carbocycles. The van der Waals surface area contributed by atoms with Crippen LogP contribution in [-0.2, 0) is 11.2 Å². The molecule has 2 aromatic rings. The first-order chi connectivity index (χ1) is 13.0. The maximum atomic E-state index is 11.5. The maximum absolute atomic E-state index is 11.5. The van der Waals surface area contributed by atoms with Crippen LogP contribution in [0.3, 0.4) is 0 Å². The number of nitrogens with one attached hydrogen (secondary N) is 1. The predicted molar refractivity (Wildman–Crippen MR) is 107 cm³/mol. The van der Waals surface area contributed by atoms with Gasteiger partial charge in [-0.3, -0.25) is 9.78 Å². The molecule has 0 spiro atoms. The fourth-order valence-corrected chi connectivity index (χ4v) is 4.23. The molecule has 2 aliphatic heterocycles. The molecule has 0 bridgehead atoms. The van der Waals surface area contributed by atoms with Gasteiger partial charge in [-0.1, -0.05) is 13.0 Å². The zero-order chi connectivity index (χ0) is 19.0. The lowest BCUT2D eigenvalue weighted by molar-refractivity contribution is -0.115. The van der Waals surface area contributed by atoms with Crippen molar-refractivity contribution in [3.05, 3.63) is 42.1 Å². The number of ether oxygens (including phenoxy) is 1. The van der Waals surface area contributed by atoms with Crippen LogP contribution in [0.4, 0.5) is 5.69 Å². The van der Waals surface area contributed by atoms with Crippen LogP contribution in [0.5, 0.6) is 5.75 Å². The van der Waals surface area contributed by atoms with E-state index in [1.165, 1.54) is 0 Å². The molecule has 3 heterocycles. The number of amides is 1. The van der Waals surface area contributed by atoms with Gasteiger partial charge >= 0.3 is 0 Å². The Balaban J connectivity index is 1.45. The minimum atomic E-state index is 0.0524. The van der Waals surface area contributed by atoms with Gasteiger partial charge in [-0.15, -0.1) is 0 Å². The normalized spacial score (nSPS) is 25.1. The zero-order valence-electron chi connectivity index (χ0n) is 16.2. The SMILES string of the molecule is CCC1C[C@@H](Oc2ccc(-c3ccc4c(c3)CC(=O)N4)nc2)CC(C)N1C. The van der Waals surface area contributed by atoms with Crippen LogP contribution in [0, 0.1) is 0 Å². The summed E-state index contributed by atoms with van der Waals surface area (Å²) in [6, 6.07) is 11.1. The lowest BCUT2D eigenvalue weighted by Crippen LogP contribution is -2.48. The van der Waals surface area contributed by atoms with Gasteiger partial charge in [-0.05, 0) is 63.1 Å². The minimum Gasteiger partial charge on any atom is -0.489 e. The van der Waals surface area contributed by atoms with Gasteiger partial charge in [0.25, 0.3) is 0 Å². The van der Waals surface area contributed by atoms with Crippen molar-refractivity contribution in [2.24, 2.45) is 0 Å². The molecule has 1 aromatic heterocycles. The summed E-state index contributed by atoms with van der Waals surface area (Å²) in [4.78, 5) is 18.6. The van der Waals surface area contributed by atoms with E-state index in [1.807, 2.05) is 36.5 Å². The third-order valence-electron chi connectivity index (χ3n) is 5.95. The summed E-state index contributed by atoms with van der Waals surface area (Å²) in [5, 5.41) is 2.86. The van der Waals surface area contributed by atoms with E-state index in [9.17, 15) is 4.79 Å². The van der Waals surface area contributed by atoms with Crippen molar-refractivity contribution >= 4 is 11.6 Å². The molecule has 1 N–H and O–H groups in total. The summed E-state index contributed by atoms with van der Waals surface area (Å²) in [5.41, 5.74) is 3.86. The van der Waals surface area contributed by atoms with E-state index >= 15 is 0 Å². The molecule has 27 heavy (non-hydrogen) atoms. The Bertz CT molecular complexity index is 834. The number of fused-ring (bicyclic) bond motifs is 1. The maximum Gasteiger partial charge on any atom is 0.228 e. The van der Waals surface area contributed by atoms with Crippen molar-refractivity contribution in [3.8, 4) is 17.0 Å². The van der Waals surface area contributed by atoms with Crippen LogP contribution < -0.4 is 10.1 Å². The fraction of sp³-hybridized carbons (Fsp3) is 0.455. The van der Waals surface area contributed by atoms with Crippen LogP contribution in [0.1, 0.15) is 38.7 Å². The molecule has 0 aliphatic carbocycles. The number of hydrogen-bond donors (Lipinski definition) is 1. The molecule has 5 heteroatoms. The average Bonchev–Trinajstić information content (AvgIpc) is 3.04. The van der Waals surface area contributed by atoms with E-state index in [4.69, 9.17) is 4.74 Å². The molecule has 142 valence electrons. The smallest absolute Gasteiger partial charge is 0.228 e. The van der Waals surface area contributed by atoms with Gasteiger partial charge in [0, 0.05) is 23.3 Å². The van der Waals surface area contributed by atoms with E-state index in [0.29, 0.717) is 18.5 Å². The van der Waals surface area contributed by atoms with Crippen LogP contribution in [0.2, 0.25) is 0 Å². The number of pyridine rings is 1. The summed E-state index contributed by atoms with van der Waals surface area (Å²) in [6.45, 7) is 4.51. The molecule has 1 saturated heterocycles. The second-order valence-corrected chi connectivity index (χ2v) is 7.76. The first kappa shape index (κ1) is 18.0. The number of hydrogen-bond acceptors (Lipinski definition) is 4. The molecule has 5 nitrogen and oxygen atoms in total. The molecule has 0 radical (unpaired) electrons. The number of anilines is 1. The summed E-state index contributed by atoms with van der Waals surface area (Å²) >= 11 is 0.